The molecule has 21 heavy (non-hydrogen) atoms. The van der Waals surface area contributed by atoms with Crippen molar-refractivity contribution in [2.45, 2.75) is 32.8 Å². The highest BCUT2D eigenvalue weighted by molar-refractivity contribution is 5.96. The molecule has 7 nitrogen and oxygen atoms in total. The molecule has 7 heteroatoms. The second kappa shape index (κ2) is 6.26. The van der Waals surface area contributed by atoms with E-state index < -0.39 is 5.97 Å². The number of hydrogen-bond acceptors (Lipinski definition) is 4. The Bertz CT molecular complexity index is 545. The lowest BCUT2D eigenvalue weighted by atomic mass is 10.1. The summed E-state index contributed by atoms with van der Waals surface area (Å²) < 4.78 is 6.99. The molecule has 2 heterocycles. The molecule has 0 saturated carbocycles. The van der Waals surface area contributed by atoms with Gasteiger partial charge in [0.25, 0.3) is 5.91 Å². The average Bonchev–Trinajstić information content (AvgIpc) is 2.70. The van der Waals surface area contributed by atoms with Crippen molar-refractivity contribution >= 4 is 11.9 Å². The summed E-state index contributed by atoms with van der Waals surface area (Å²) >= 11 is 0. The summed E-state index contributed by atoms with van der Waals surface area (Å²) in [6, 6.07) is 0. The smallest absolute Gasteiger partial charge is 0.329 e. The number of aliphatic carboxylic acids is 1. The molecule has 1 N–H and O–H groups in total. The zero-order chi connectivity index (χ0) is 15.6. The van der Waals surface area contributed by atoms with Gasteiger partial charge in [0.05, 0.1) is 17.4 Å². The minimum atomic E-state index is -0.963. The van der Waals surface area contributed by atoms with Gasteiger partial charge in [-0.05, 0) is 26.7 Å². The van der Waals surface area contributed by atoms with E-state index in [2.05, 4.69) is 5.10 Å². The Morgan fingerprint density at radius 3 is 2.43 bits per heavy atom. The molecule has 1 aromatic heterocycles. The van der Waals surface area contributed by atoms with Gasteiger partial charge in [-0.15, -0.1) is 0 Å². The molecule has 0 bridgehead atoms. The third-order valence-corrected chi connectivity index (χ3v) is 3.89. The summed E-state index contributed by atoms with van der Waals surface area (Å²) in [4.78, 5) is 24.8. The number of ether oxygens (including phenoxy) is 1. The van der Waals surface area contributed by atoms with Crippen molar-refractivity contribution in [2.24, 2.45) is 7.05 Å². The molecule has 0 aliphatic carbocycles. The van der Waals surface area contributed by atoms with Crippen LogP contribution in [0.2, 0.25) is 0 Å². The molecule has 2 rings (SSSR count). The zero-order valence-electron chi connectivity index (χ0n) is 12.6. The highest BCUT2D eigenvalue weighted by atomic mass is 16.5. The normalized spacial score (nSPS) is 16.2. The molecule has 1 amide bonds. The summed E-state index contributed by atoms with van der Waals surface area (Å²) in [5.41, 5.74) is 2.27. The third-order valence-electron chi connectivity index (χ3n) is 3.89. The molecular formula is C14H21N3O4. The number of carboxylic acids is 1. The highest BCUT2D eigenvalue weighted by Crippen LogP contribution is 2.19. The largest absolute Gasteiger partial charge is 0.480 e. The Morgan fingerprint density at radius 1 is 1.33 bits per heavy atom. The van der Waals surface area contributed by atoms with Crippen LogP contribution < -0.4 is 0 Å². The predicted octanol–water partition coefficient (Wildman–Crippen LogP) is 0.743. The van der Waals surface area contributed by atoms with Crippen LogP contribution in [0.1, 0.15) is 34.6 Å². The average molecular weight is 295 g/mol. The minimum Gasteiger partial charge on any atom is -0.480 e. The summed E-state index contributed by atoms with van der Waals surface area (Å²) in [5.74, 6) is -0.968. The number of carbonyl (C=O) groups excluding carboxylic acids is 1. The molecule has 1 aliphatic heterocycles. The number of amides is 1. The summed E-state index contributed by atoms with van der Waals surface area (Å²) in [5, 5.41) is 12.9. The second-order valence-electron chi connectivity index (χ2n) is 5.37. The van der Waals surface area contributed by atoms with Crippen molar-refractivity contribution in [1.29, 1.82) is 0 Å². The van der Waals surface area contributed by atoms with E-state index in [9.17, 15) is 9.59 Å². The lowest BCUT2D eigenvalue weighted by Gasteiger charge is -2.31. The van der Waals surface area contributed by atoms with Crippen molar-refractivity contribution < 1.29 is 19.4 Å². The Morgan fingerprint density at radius 2 is 1.95 bits per heavy atom. The van der Waals surface area contributed by atoms with Crippen LogP contribution in [-0.2, 0) is 16.6 Å². The first kappa shape index (κ1) is 15.5. The summed E-state index contributed by atoms with van der Waals surface area (Å²) in [6.45, 7) is 4.60. The van der Waals surface area contributed by atoms with Gasteiger partial charge in [-0.1, -0.05) is 0 Å². The number of aryl methyl sites for hydroxylation is 2. The number of hydrogen-bond donors (Lipinski definition) is 1. The molecule has 1 aromatic rings. The number of carbonyl (C=O) groups is 2. The van der Waals surface area contributed by atoms with Crippen LogP contribution in [0.3, 0.4) is 0 Å². The van der Waals surface area contributed by atoms with Gasteiger partial charge in [0.1, 0.15) is 6.61 Å². The van der Waals surface area contributed by atoms with Crippen LogP contribution in [0.15, 0.2) is 0 Å². The minimum absolute atomic E-state index is 0.00483. The van der Waals surface area contributed by atoms with Crippen LogP contribution in [0.4, 0.5) is 0 Å². The number of aromatic nitrogens is 2. The maximum absolute atomic E-state index is 12.6. The van der Waals surface area contributed by atoms with Crippen LogP contribution >= 0.6 is 0 Å². The van der Waals surface area contributed by atoms with E-state index in [0.717, 1.165) is 11.4 Å². The van der Waals surface area contributed by atoms with Gasteiger partial charge < -0.3 is 14.7 Å². The fraction of sp³-hybridized carbons (Fsp3) is 0.643. The number of nitrogens with zero attached hydrogens (tertiary/aromatic N) is 3. The van der Waals surface area contributed by atoms with E-state index in [1.54, 1.807) is 9.58 Å². The van der Waals surface area contributed by atoms with Crippen LogP contribution in [0.25, 0.3) is 0 Å². The number of piperidine rings is 1. The van der Waals surface area contributed by atoms with Crippen LogP contribution in [0, 0.1) is 13.8 Å². The van der Waals surface area contributed by atoms with Gasteiger partial charge in [-0.2, -0.15) is 5.10 Å². The van der Waals surface area contributed by atoms with Gasteiger partial charge in [0.2, 0.25) is 0 Å². The Labute approximate surface area is 123 Å². The van der Waals surface area contributed by atoms with E-state index in [1.165, 1.54) is 0 Å². The Kier molecular flexibility index (Phi) is 4.62. The molecule has 1 aliphatic rings. The van der Waals surface area contributed by atoms with Gasteiger partial charge in [0, 0.05) is 25.8 Å². The second-order valence-corrected chi connectivity index (χ2v) is 5.37. The topological polar surface area (TPSA) is 84.7 Å². The molecule has 116 valence electrons. The van der Waals surface area contributed by atoms with Gasteiger partial charge >= 0.3 is 5.97 Å². The zero-order valence-corrected chi connectivity index (χ0v) is 12.6. The molecule has 0 unspecified atom stereocenters. The standard InChI is InChI=1S/C14H21N3O4/c1-9-13(10(2)16(3)15-9)14(20)17-6-4-11(5-7-17)21-8-12(18)19/h11H,4-8H2,1-3H3,(H,18,19). The van der Waals surface area contributed by atoms with Crippen molar-refractivity contribution in [3.8, 4) is 0 Å². The maximum atomic E-state index is 12.6. The Hall–Kier alpha value is -1.89. The van der Waals surface area contributed by atoms with E-state index in [1.807, 2.05) is 20.9 Å². The molecule has 1 saturated heterocycles. The molecule has 0 aromatic carbocycles. The quantitative estimate of drug-likeness (QED) is 0.885. The van der Waals surface area contributed by atoms with E-state index in [-0.39, 0.29) is 18.6 Å². The molecule has 0 radical (unpaired) electrons. The van der Waals surface area contributed by atoms with E-state index in [4.69, 9.17) is 9.84 Å². The number of rotatable bonds is 4. The lowest BCUT2D eigenvalue weighted by Crippen LogP contribution is -2.41. The number of carboxylic acid groups (broad SMARTS) is 1. The van der Waals surface area contributed by atoms with E-state index >= 15 is 0 Å². The monoisotopic (exact) mass is 295 g/mol. The first-order valence-electron chi connectivity index (χ1n) is 7.03. The molecular weight excluding hydrogens is 274 g/mol. The van der Waals surface area contributed by atoms with Crippen molar-refractivity contribution in [1.82, 2.24) is 14.7 Å². The highest BCUT2D eigenvalue weighted by Gasteiger charge is 2.27. The first-order valence-corrected chi connectivity index (χ1v) is 7.03. The van der Waals surface area contributed by atoms with Gasteiger partial charge in [0.15, 0.2) is 0 Å². The molecule has 0 spiro atoms. The van der Waals surface area contributed by atoms with Crippen molar-refractivity contribution in [3.63, 3.8) is 0 Å². The van der Waals surface area contributed by atoms with Crippen LogP contribution in [0.5, 0.6) is 0 Å². The fourth-order valence-corrected chi connectivity index (χ4v) is 2.66. The lowest BCUT2D eigenvalue weighted by molar-refractivity contribution is -0.145. The SMILES string of the molecule is Cc1nn(C)c(C)c1C(=O)N1CCC(OCC(=O)O)CC1. The summed E-state index contributed by atoms with van der Waals surface area (Å²) in [6.07, 6.45) is 1.25. The molecule has 1 fully saturated rings. The van der Waals surface area contributed by atoms with Gasteiger partial charge in [-0.3, -0.25) is 9.48 Å². The number of likely N-dealkylation sites (tertiary alicyclic amines) is 1. The predicted molar refractivity (Wildman–Crippen MR) is 75.2 cm³/mol. The Balaban J connectivity index is 1.96. The maximum Gasteiger partial charge on any atom is 0.329 e. The van der Waals surface area contributed by atoms with Crippen molar-refractivity contribution in [2.75, 3.05) is 19.7 Å². The molecule has 0 atom stereocenters. The van der Waals surface area contributed by atoms with Gasteiger partial charge in [-0.25, -0.2) is 4.79 Å². The summed E-state index contributed by atoms with van der Waals surface area (Å²) in [7, 11) is 1.82. The van der Waals surface area contributed by atoms with E-state index in [0.29, 0.717) is 31.5 Å². The van der Waals surface area contributed by atoms with Crippen LogP contribution in [-0.4, -0.2) is 57.5 Å². The van der Waals surface area contributed by atoms with Crippen molar-refractivity contribution in [3.05, 3.63) is 17.0 Å². The fourth-order valence-electron chi connectivity index (χ4n) is 2.66. The third kappa shape index (κ3) is 3.41. The first-order chi connectivity index (χ1) is 9.90.